The Morgan fingerprint density at radius 1 is 0.962 bits per heavy atom. The van der Waals surface area contributed by atoms with Crippen molar-refractivity contribution in [1.82, 2.24) is 10.2 Å². The molecule has 0 aliphatic heterocycles. The topological polar surface area (TPSA) is 144 Å². The van der Waals surface area contributed by atoms with Crippen molar-refractivity contribution in [3.63, 3.8) is 0 Å². The highest BCUT2D eigenvalue weighted by molar-refractivity contribution is 7.98. The maximum atomic E-state index is 12.0. The Morgan fingerprint density at radius 2 is 1.54 bits per heavy atom. The first kappa shape index (κ1) is 21.5. The standard InChI is InChI=1S/C16H20N2O7S/c19-13(6-18(7-14(20)21)8-15(22)23)17-12(16(24)25)10-26-9-11-4-2-1-3-5-11/h1-5,12H,6-10H2,(H,17,19)(H,20,21)(H,22,23)(H,24,25). The fraction of sp³-hybridized carbons (Fsp3) is 0.375. The van der Waals surface area contributed by atoms with Gasteiger partial charge in [0, 0.05) is 11.5 Å². The predicted octanol–water partition coefficient (Wildman–Crippen LogP) is -0.0396. The largest absolute Gasteiger partial charge is 0.480 e. The minimum Gasteiger partial charge on any atom is -0.480 e. The first-order valence-electron chi connectivity index (χ1n) is 7.57. The number of carbonyl (C=O) groups is 4. The average Bonchev–Trinajstić information content (AvgIpc) is 2.53. The zero-order chi connectivity index (χ0) is 19.5. The lowest BCUT2D eigenvalue weighted by atomic mass is 10.2. The van der Waals surface area contributed by atoms with E-state index in [0.29, 0.717) is 5.75 Å². The van der Waals surface area contributed by atoms with E-state index in [1.807, 2.05) is 30.3 Å². The van der Waals surface area contributed by atoms with Crippen LogP contribution in [0.15, 0.2) is 30.3 Å². The van der Waals surface area contributed by atoms with E-state index < -0.39 is 49.5 Å². The van der Waals surface area contributed by atoms with E-state index in [0.717, 1.165) is 10.5 Å². The number of nitrogens with zero attached hydrogens (tertiary/aromatic N) is 1. The molecule has 0 radical (unpaired) electrons. The maximum absolute atomic E-state index is 12.0. The predicted molar refractivity (Wildman–Crippen MR) is 93.9 cm³/mol. The number of aliphatic carboxylic acids is 3. The van der Waals surface area contributed by atoms with Gasteiger partial charge in [-0.15, -0.1) is 0 Å². The molecule has 4 N–H and O–H groups in total. The molecule has 0 saturated carbocycles. The molecule has 0 aromatic heterocycles. The summed E-state index contributed by atoms with van der Waals surface area (Å²) in [7, 11) is 0. The quantitative estimate of drug-likeness (QED) is 0.390. The van der Waals surface area contributed by atoms with Gasteiger partial charge in [0.2, 0.25) is 5.91 Å². The third-order valence-electron chi connectivity index (χ3n) is 3.11. The maximum Gasteiger partial charge on any atom is 0.327 e. The molecule has 1 rings (SSSR count). The van der Waals surface area contributed by atoms with Gasteiger partial charge < -0.3 is 20.6 Å². The molecule has 0 aliphatic rings. The molecule has 0 fully saturated rings. The second-order valence-corrected chi connectivity index (χ2v) is 6.42. The first-order valence-corrected chi connectivity index (χ1v) is 8.73. The van der Waals surface area contributed by atoms with Gasteiger partial charge in [0.25, 0.3) is 0 Å². The lowest BCUT2D eigenvalue weighted by molar-refractivity contribution is -0.144. The molecule has 1 unspecified atom stereocenters. The number of hydrogen-bond donors (Lipinski definition) is 4. The van der Waals surface area contributed by atoms with Crippen LogP contribution in [0, 0.1) is 0 Å². The van der Waals surface area contributed by atoms with Gasteiger partial charge >= 0.3 is 17.9 Å². The molecular formula is C16H20N2O7S. The van der Waals surface area contributed by atoms with Crippen LogP contribution in [0.2, 0.25) is 0 Å². The van der Waals surface area contributed by atoms with Crippen LogP contribution < -0.4 is 5.32 Å². The third-order valence-corrected chi connectivity index (χ3v) is 4.22. The first-order chi connectivity index (χ1) is 12.3. The smallest absolute Gasteiger partial charge is 0.327 e. The summed E-state index contributed by atoms with van der Waals surface area (Å²) in [5.41, 5.74) is 1.02. The summed E-state index contributed by atoms with van der Waals surface area (Å²) in [4.78, 5) is 45.6. The lowest BCUT2D eigenvalue weighted by Crippen LogP contribution is -2.48. The molecule has 26 heavy (non-hydrogen) atoms. The number of rotatable bonds is 12. The number of carboxylic acids is 3. The van der Waals surface area contributed by atoms with Gasteiger partial charge in [-0.1, -0.05) is 30.3 Å². The van der Waals surface area contributed by atoms with Gasteiger partial charge in [0.15, 0.2) is 0 Å². The van der Waals surface area contributed by atoms with E-state index >= 15 is 0 Å². The second-order valence-electron chi connectivity index (χ2n) is 5.39. The van der Waals surface area contributed by atoms with Crippen molar-refractivity contribution in [3.8, 4) is 0 Å². The molecule has 1 aromatic carbocycles. The highest BCUT2D eigenvalue weighted by Crippen LogP contribution is 2.13. The van der Waals surface area contributed by atoms with Gasteiger partial charge in [-0.2, -0.15) is 11.8 Å². The van der Waals surface area contributed by atoms with Crippen LogP contribution in [-0.4, -0.2) is 75.5 Å². The number of carboxylic acid groups (broad SMARTS) is 3. The second kappa shape index (κ2) is 11.1. The average molecular weight is 384 g/mol. The van der Waals surface area contributed by atoms with E-state index in [-0.39, 0.29) is 5.75 Å². The van der Waals surface area contributed by atoms with Crippen LogP contribution in [-0.2, 0) is 24.9 Å². The Balaban J connectivity index is 2.53. The monoisotopic (exact) mass is 384 g/mol. The molecule has 0 heterocycles. The summed E-state index contributed by atoms with van der Waals surface area (Å²) in [5, 5.41) is 29.0. The fourth-order valence-corrected chi connectivity index (χ4v) is 3.04. The Kier molecular flexibility index (Phi) is 9.17. The third kappa shape index (κ3) is 9.04. The van der Waals surface area contributed by atoms with Crippen molar-refractivity contribution < 1.29 is 34.5 Å². The van der Waals surface area contributed by atoms with Crippen molar-refractivity contribution in [3.05, 3.63) is 35.9 Å². The number of nitrogens with one attached hydrogen (secondary N) is 1. The minimum atomic E-state index is -1.28. The van der Waals surface area contributed by atoms with Crippen molar-refractivity contribution >= 4 is 35.6 Å². The Hall–Kier alpha value is -2.59. The summed E-state index contributed by atoms with van der Waals surface area (Å²) >= 11 is 1.33. The molecule has 0 spiro atoms. The molecule has 1 atom stereocenters. The van der Waals surface area contributed by atoms with Crippen molar-refractivity contribution in [2.45, 2.75) is 11.8 Å². The normalized spacial score (nSPS) is 11.7. The van der Waals surface area contributed by atoms with Crippen LogP contribution in [0.3, 0.4) is 0 Å². The van der Waals surface area contributed by atoms with E-state index in [1.54, 1.807) is 0 Å². The summed E-state index contributed by atoms with van der Waals surface area (Å²) in [6.07, 6.45) is 0. The van der Waals surface area contributed by atoms with Crippen LogP contribution in [0.25, 0.3) is 0 Å². The zero-order valence-electron chi connectivity index (χ0n) is 13.8. The SMILES string of the molecule is O=C(O)CN(CC(=O)O)CC(=O)NC(CSCc1ccccc1)C(=O)O. The zero-order valence-corrected chi connectivity index (χ0v) is 14.6. The van der Waals surface area contributed by atoms with Gasteiger partial charge in [0.1, 0.15) is 6.04 Å². The fourth-order valence-electron chi connectivity index (χ4n) is 2.04. The molecule has 0 saturated heterocycles. The van der Waals surface area contributed by atoms with Crippen molar-refractivity contribution in [1.29, 1.82) is 0 Å². The molecule has 0 aliphatic carbocycles. The molecule has 10 heteroatoms. The van der Waals surface area contributed by atoms with E-state index in [9.17, 15) is 24.3 Å². The molecular weight excluding hydrogens is 364 g/mol. The van der Waals surface area contributed by atoms with Crippen molar-refractivity contribution in [2.75, 3.05) is 25.4 Å². The lowest BCUT2D eigenvalue weighted by Gasteiger charge is -2.19. The van der Waals surface area contributed by atoms with E-state index in [2.05, 4.69) is 5.32 Å². The Bertz CT molecular complexity index is 623. The van der Waals surface area contributed by atoms with Gasteiger partial charge in [0.05, 0.1) is 19.6 Å². The van der Waals surface area contributed by atoms with Crippen LogP contribution in [0.4, 0.5) is 0 Å². The molecule has 9 nitrogen and oxygen atoms in total. The highest BCUT2D eigenvalue weighted by atomic mass is 32.2. The van der Waals surface area contributed by atoms with Crippen LogP contribution in [0.5, 0.6) is 0 Å². The van der Waals surface area contributed by atoms with Crippen LogP contribution in [0.1, 0.15) is 5.56 Å². The number of thioether (sulfide) groups is 1. The summed E-state index contributed by atoms with van der Waals surface area (Å²) in [5.74, 6) is -3.85. The van der Waals surface area contributed by atoms with Crippen molar-refractivity contribution in [2.24, 2.45) is 0 Å². The number of carbonyl (C=O) groups excluding carboxylic acids is 1. The molecule has 1 amide bonds. The van der Waals surface area contributed by atoms with E-state index in [1.165, 1.54) is 11.8 Å². The van der Waals surface area contributed by atoms with E-state index in [4.69, 9.17) is 10.2 Å². The Morgan fingerprint density at radius 3 is 2.04 bits per heavy atom. The minimum absolute atomic E-state index is 0.119. The molecule has 1 aromatic rings. The molecule has 142 valence electrons. The highest BCUT2D eigenvalue weighted by Gasteiger charge is 2.23. The number of amides is 1. The van der Waals surface area contributed by atoms with Gasteiger partial charge in [-0.05, 0) is 5.56 Å². The van der Waals surface area contributed by atoms with Crippen LogP contribution >= 0.6 is 11.8 Å². The summed E-state index contributed by atoms with van der Waals surface area (Å²) in [6, 6.07) is 8.24. The summed E-state index contributed by atoms with van der Waals surface area (Å²) < 4.78 is 0. The van der Waals surface area contributed by atoms with Gasteiger partial charge in [-0.25, -0.2) is 4.79 Å². The van der Waals surface area contributed by atoms with Gasteiger partial charge in [-0.3, -0.25) is 19.3 Å². The molecule has 0 bridgehead atoms. The summed E-state index contributed by atoms with van der Waals surface area (Å²) in [6.45, 7) is -1.80. The number of benzene rings is 1. The number of hydrogen-bond acceptors (Lipinski definition) is 6. The Labute approximate surface area is 154 Å².